The van der Waals surface area contributed by atoms with Crippen molar-refractivity contribution in [1.29, 1.82) is 0 Å². The maximum atomic E-state index is 3.00. The van der Waals surface area contributed by atoms with E-state index in [4.69, 9.17) is 0 Å². The Morgan fingerprint density at radius 1 is 0.0556 bits per heavy atom. The first-order valence-electron chi connectivity index (χ1n) is 9.00. The maximum absolute atomic E-state index is 3.00. The molecule has 0 fully saturated rings. The quantitative estimate of drug-likeness (QED) is 0.288. The van der Waals surface area contributed by atoms with Crippen LogP contribution in [0, 0.1) is 0 Å². The molecule has 0 atom stereocenters. The highest BCUT2D eigenvalue weighted by Gasteiger charge is 0.635. The summed E-state index contributed by atoms with van der Waals surface area (Å²) in [5.74, 6) is 0. The minimum atomic E-state index is 3.00. The van der Waals surface area contributed by atoms with Crippen LogP contribution in [-0.4, -0.2) is 0 Å². The molecule has 0 aromatic heterocycles. The summed E-state index contributed by atoms with van der Waals surface area (Å²) < 4.78 is 0. The lowest BCUT2D eigenvalue weighted by atomic mass is 11.3. The second-order valence-electron chi connectivity index (χ2n) is 0. The first kappa shape index (κ1) is 162. The molecule has 0 unspecified atom stereocenters. The monoisotopic (exact) mass is 505 g/mol. The third-order valence-corrected chi connectivity index (χ3v) is 0. The lowest BCUT2D eigenvalue weighted by Crippen LogP contribution is -0.552. The Balaban J connectivity index is -0.00000000596. The van der Waals surface area contributed by atoms with E-state index < -0.39 is 0 Å². The lowest BCUT2D eigenvalue weighted by molar-refractivity contribution is 2.81. The molecule has 0 spiro atoms. The normalized spacial score (nSPS) is 2.00. The molecule has 0 rings (SSSR count). The first-order chi connectivity index (χ1) is 18.0. The van der Waals surface area contributed by atoms with Crippen LogP contribution in [0.4, 0.5) is 0 Å². The molecule has 0 heteroatoms. The zero-order valence-electron chi connectivity index (χ0n) is 25.5. The van der Waals surface area contributed by atoms with Crippen LogP contribution in [0.5, 0.6) is 0 Å². The fraction of sp³-hybridized carbons (Fsp3) is 0. The average Bonchev–Trinajstić information content (AvgIpc) is 3.13. The molecular weight excluding hydrogens is 432 g/mol. The Kier molecular flexibility index (Phi) is 5360. The average molecular weight is 505 g/mol. The molecule has 0 aromatic carbocycles. The van der Waals surface area contributed by atoms with Crippen molar-refractivity contribution in [3.8, 4) is 0 Å². The Morgan fingerprint density at radius 2 is 0.0556 bits per heavy atom. The Morgan fingerprint density at radius 3 is 0.0556 bits per heavy atom. The van der Waals surface area contributed by atoms with Crippen molar-refractivity contribution in [2.75, 3.05) is 0 Å². The highest BCUT2D eigenvalue weighted by molar-refractivity contribution is 4.25. The first-order valence-corrected chi connectivity index (χ1v) is 9.00. The highest BCUT2D eigenvalue weighted by atomic mass is 12.8. The van der Waals surface area contributed by atoms with E-state index in [1.165, 1.54) is 0 Å². The van der Waals surface area contributed by atoms with Crippen molar-refractivity contribution in [1.82, 2.24) is 0 Å². The molecular formula is C36H72. The fourth-order valence-electron chi connectivity index (χ4n) is 0. The molecule has 0 heterocycles. The van der Waals surface area contributed by atoms with E-state index in [-0.39, 0.29) is 0 Å². The van der Waals surface area contributed by atoms with Gasteiger partial charge in [-0.1, -0.05) is 0 Å². The fourth-order valence-corrected chi connectivity index (χ4v) is 0. The van der Waals surface area contributed by atoms with Crippen molar-refractivity contribution >= 4 is 0 Å². The Hall–Kier alpha value is -4.68. The third-order valence-electron chi connectivity index (χ3n) is 0. The summed E-state index contributed by atoms with van der Waals surface area (Å²) >= 11 is 0. The van der Waals surface area contributed by atoms with E-state index >= 15 is 0 Å². The zero-order valence-corrected chi connectivity index (χ0v) is 25.5. The van der Waals surface area contributed by atoms with Gasteiger partial charge in [0.2, 0.25) is 0 Å². The molecule has 0 aliphatic carbocycles. The van der Waals surface area contributed by atoms with Crippen molar-refractivity contribution in [3.63, 3.8) is 0 Å². The zero-order chi connectivity index (χ0) is 36.0. The predicted molar refractivity (Wildman–Crippen MR) is 203 cm³/mol. The van der Waals surface area contributed by atoms with Crippen LogP contribution in [0.15, 0.2) is 237 Å². The summed E-state index contributed by atoms with van der Waals surface area (Å²) in [6.07, 6.45) is 0. The molecule has 0 amide bonds. The largest absolute Gasteiger partial charge is 0.106 e. The van der Waals surface area contributed by atoms with Gasteiger partial charge in [-0.2, -0.15) is 0 Å². The van der Waals surface area contributed by atoms with Gasteiger partial charge in [-0.15, -0.1) is 237 Å². The van der Waals surface area contributed by atoms with Crippen molar-refractivity contribution in [2.45, 2.75) is 0 Å². The molecule has 0 aliphatic heterocycles. The van der Waals surface area contributed by atoms with Gasteiger partial charge >= 0.3 is 0 Å². The minimum Gasteiger partial charge on any atom is -0.106 e. The third kappa shape index (κ3) is 1070. The molecule has 0 nitrogen and oxygen atoms in total. The van der Waals surface area contributed by atoms with Gasteiger partial charge < -0.3 is 0 Å². The number of hydrogen-bond donors (Lipinski definition) is 0. The van der Waals surface area contributed by atoms with E-state index in [1.807, 2.05) is 0 Å². The summed E-state index contributed by atoms with van der Waals surface area (Å²) in [6.45, 7) is 108. The van der Waals surface area contributed by atoms with Gasteiger partial charge in [0.05, 0.1) is 0 Å². The topological polar surface area (TPSA) is 0 Å². The maximum Gasteiger partial charge on any atom is -0.106 e. The standard InChI is InChI=1S/18C2H4/c18*1-2/h18*1-2H2. The van der Waals surface area contributed by atoms with Crippen LogP contribution in [0.25, 0.3) is 0 Å². The lowest BCUT2D eigenvalue weighted by Gasteiger charge is -0.813. The van der Waals surface area contributed by atoms with E-state index in [9.17, 15) is 0 Å². The van der Waals surface area contributed by atoms with Crippen LogP contribution in [0.1, 0.15) is 0 Å². The van der Waals surface area contributed by atoms with Crippen LogP contribution in [0.2, 0.25) is 0 Å². The van der Waals surface area contributed by atoms with Gasteiger partial charge in [-0.3, -0.25) is 0 Å². The summed E-state index contributed by atoms with van der Waals surface area (Å²) in [6, 6.07) is 0. The predicted octanol–water partition coefficient (Wildman–Crippen LogP) is 14.4. The second kappa shape index (κ2) is 1190. The summed E-state index contributed by atoms with van der Waals surface area (Å²) in [5, 5.41) is 0. The van der Waals surface area contributed by atoms with Gasteiger partial charge in [0.1, 0.15) is 0 Å². The summed E-state index contributed by atoms with van der Waals surface area (Å²) in [7, 11) is 0. The van der Waals surface area contributed by atoms with Crippen LogP contribution in [0.3, 0.4) is 0 Å². The van der Waals surface area contributed by atoms with Crippen molar-refractivity contribution < 1.29 is 0 Å². The summed E-state index contributed by atoms with van der Waals surface area (Å²) in [4.78, 5) is 0. The van der Waals surface area contributed by atoms with Gasteiger partial charge in [-0.05, 0) is 0 Å². The van der Waals surface area contributed by atoms with E-state index in [0.29, 0.717) is 0 Å². The molecule has 216 valence electrons. The Labute approximate surface area is 236 Å². The SMILES string of the molecule is C=C.C=C.C=C.C=C.C=C.C=C.C=C.C=C.C=C.C=C.C=C.C=C.C=C.C=C.C=C.C=C.C=C.C=C. The van der Waals surface area contributed by atoms with E-state index in [0.717, 1.165) is 0 Å². The van der Waals surface area contributed by atoms with Crippen molar-refractivity contribution in [3.05, 3.63) is 237 Å². The molecule has 0 aromatic rings. The van der Waals surface area contributed by atoms with E-state index in [1.54, 1.807) is 0 Å². The van der Waals surface area contributed by atoms with Crippen molar-refractivity contribution in [2.24, 2.45) is 0 Å². The molecule has 0 saturated carbocycles. The van der Waals surface area contributed by atoms with Crippen LogP contribution < -0.4 is 0 Å². The molecule has 0 bridgehead atoms. The van der Waals surface area contributed by atoms with Crippen LogP contribution in [-0.2, 0) is 0 Å². The molecule has 0 N–H and O–H groups in total. The van der Waals surface area contributed by atoms with E-state index in [2.05, 4.69) is 237 Å². The summed E-state index contributed by atoms with van der Waals surface area (Å²) in [5.41, 5.74) is 0. The molecule has 0 aliphatic rings. The smallest absolute Gasteiger partial charge is 0.106 e. The molecule has 0 radical (unpaired) electrons. The highest BCUT2D eigenvalue weighted by Crippen LogP contribution is 0.896. The molecule has 0 saturated heterocycles. The molecule has 36 heavy (non-hydrogen) atoms. The Bertz CT molecular complexity index is 75.1. The minimum absolute atomic E-state index is 3.00. The van der Waals surface area contributed by atoms with Gasteiger partial charge in [0, 0.05) is 0 Å². The van der Waals surface area contributed by atoms with Crippen LogP contribution >= 0.6 is 0 Å². The van der Waals surface area contributed by atoms with Gasteiger partial charge in [0.15, 0.2) is 0 Å². The van der Waals surface area contributed by atoms with Gasteiger partial charge in [0.25, 0.3) is 0 Å². The second-order valence-corrected chi connectivity index (χ2v) is 0. The number of rotatable bonds is 0. The van der Waals surface area contributed by atoms with Gasteiger partial charge in [-0.25, -0.2) is 0 Å². The number of hydrogen-bond acceptors (Lipinski definition) is 0.